The number of carbonyl (C=O) groups excluding carboxylic acids is 1. The molecule has 11 heteroatoms. The Bertz CT molecular complexity index is 1110. The van der Waals surface area contributed by atoms with Crippen LogP contribution < -0.4 is 4.31 Å². The van der Waals surface area contributed by atoms with Crippen molar-refractivity contribution in [3.05, 3.63) is 46.7 Å². The molecule has 0 saturated heterocycles. The predicted octanol–water partition coefficient (Wildman–Crippen LogP) is 1.76. The molecule has 1 aromatic carbocycles. The van der Waals surface area contributed by atoms with E-state index in [4.69, 9.17) is 11.6 Å². The van der Waals surface area contributed by atoms with Gasteiger partial charge in [0.15, 0.2) is 0 Å². The van der Waals surface area contributed by atoms with Crippen LogP contribution in [0, 0.1) is 13.8 Å². The van der Waals surface area contributed by atoms with Crippen molar-refractivity contribution in [2.75, 3.05) is 18.0 Å². The molecular weight excluding hydrogens is 394 g/mol. The molecule has 0 radical (unpaired) electrons. The van der Waals surface area contributed by atoms with Crippen molar-refractivity contribution in [2.24, 2.45) is 0 Å². The van der Waals surface area contributed by atoms with Gasteiger partial charge in [-0.15, -0.1) is 5.10 Å². The number of halogens is 1. The van der Waals surface area contributed by atoms with Crippen molar-refractivity contribution in [3.63, 3.8) is 0 Å². The highest BCUT2D eigenvalue weighted by Crippen LogP contribution is 2.23. The number of fused-ring (bicyclic) bond motifs is 1. The van der Waals surface area contributed by atoms with E-state index in [-0.39, 0.29) is 16.6 Å². The normalized spacial score (nSPS) is 11.6. The van der Waals surface area contributed by atoms with Gasteiger partial charge < -0.3 is 4.74 Å². The number of rotatable bonds is 5. The number of hydrogen-bond donors (Lipinski definition) is 0. The van der Waals surface area contributed by atoms with Gasteiger partial charge in [-0.3, -0.25) is 4.79 Å². The van der Waals surface area contributed by atoms with E-state index in [1.165, 1.54) is 35.9 Å². The van der Waals surface area contributed by atoms with Crippen LogP contribution in [0.15, 0.2) is 35.2 Å². The lowest BCUT2D eigenvalue weighted by atomic mass is 10.4. The zero-order valence-corrected chi connectivity index (χ0v) is 16.3. The van der Waals surface area contributed by atoms with E-state index in [0.717, 1.165) is 10.00 Å². The molecule has 2 heterocycles. The third-order valence-corrected chi connectivity index (χ3v) is 5.72. The summed E-state index contributed by atoms with van der Waals surface area (Å²) < 4.78 is 33.0. The minimum Gasteiger partial charge on any atom is -0.468 e. The number of nitrogens with zero attached hydrogens (tertiary/aromatic N) is 5. The van der Waals surface area contributed by atoms with Crippen LogP contribution in [0.25, 0.3) is 5.78 Å². The minimum atomic E-state index is -4.14. The SMILES string of the molecule is COC(=O)CN(c1nc2nc(C)cc(C)n2n1)S(=O)(=O)c1ccc(Cl)cc1. The van der Waals surface area contributed by atoms with Crippen LogP contribution in [-0.2, 0) is 19.6 Å². The summed E-state index contributed by atoms with van der Waals surface area (Å²) in [5.41, 5.74) is 1.43. The summed E-state index contributed by atoms with van der Waals surface area (Å²) in [4.78, 5) is 20.2. The highest BCUT2D eigenvalue weighted by molar-refractivity contribution is 7.92. The summed E-state index contributed by atoms with van der Waals surface area (Å²) in [6, 6.07) is 7.34. The summed E-state index contributed by atoms with van der Waals surface area (Å²) in [5, 5.41) is 4.59. The lowest BCUT2D eigenvalue weighted by Crippen LogP contribution is -2.37. The molecule has 0 aliphatic carbocycles. The first kappa shape index (κ1) is 19.1. The highest BCUT2D eigenvalue weighted by Gasteiger charge is 2.31. The summed E-state index contributed by atoms with van der Waals surface area (Å²) in [5.74, 6) is -0.715. The number of sulfonamides is 1. The van der Waals surface area contributed by atoms with Crippen molar-refractivity contribution < 1.29 is 17.9 Å². The van der Waals surface area contributed by atoms with Crippen molar-refractivity contribution >= 4 is 39.3 Å². The fourth-order valence-electron chi connectivity index (χ4n) is 2.44. The lowest BCUT2D eigenvalue weighted by Gasteiger charge is -2.19. The number of benzene rings is 1. The Labute approximate surface area is 160 Å². The Morgan fingerprint density at radius 2 is 1.89 bits per heavy atom. The molecule has 27 heavy (non-hydrogen) atoms. The number of ether oxygens (including phenoxy) is 1. The van der Waals surface area contributed by atoms with Gasteiger partial charge in [0.25, 0.3) is 21.7 Å². The largest absolute Gasteiger partial charge is 0.468 e. The van der Waals surface area contributed by atoms with Gasteiger partial charge in [0, 0.05) is 16.4 Å². The standard InChI is InChI=1S/C16H16ClN5O4S/c1-10-8-11(2)22-15(18-10)19-16(20-22)21(9-14(23)26-3)27(24,25)13-6-4-12(17)5-7-13/h4-8H,9H2,1-3H3. The van der Waals surface area contributed by atoms with Gasteiger partial charge in [-0.05, 0) is 44.2 Å². The molecule has 0 aliphatic heterocycles. The quantitative estimate of drug-likeness (QED) is 0.591. The lowest BCUT2D eigenvalue weighted by molar-refractivity contribution is -0.138. The van der Waals surface area contributed by atoms with Crippen molar-refractivity contribution in [3.8, 4) is 0 Å². The molecule has 0 bridgehead atoms. The summed E-state index contributed by atoms with van der Waals surface area (Å²) >= 11 is 5.83. The second-order valence-corrected chi connectivity index (χ2v) is 8.00. The van der Waals surface area contributed by atoms with Crippen LogP contribution in [-0.4, -0.2) is 47.6 Å². The molecule has 3 aromatic rings. The van der Waals surface area contributed by atoms with Crippen molar-refractivity contribution in [2.45, 2.75) is 18.7 Å². The van der Waals surface area contributed by atoms with Crippen LogP contribution in [0.5, 0.6) is 0 Å². The second kappa shape index (κ2) is 7.12. The fourth-order valence-corrected chi connectivity index (χ4v) is 3.87. The molecule has 3 rings (SSSR count). The van der Waals surface area contributed by atoms with Gasteiger partial charge in [-0.25, -0.2) is 17.7 Å². The highest BCUT2D eigenvalue weighted by atomic mass is 35.5. The Balaban J connectivity index is 2.15. The first-order valence-electron chi connectivity index (χ1n) is 7.78. The topological polar surface area (TPSA) is 107 Å². The van der Waals surface area contributed by atoms with Gasteiger partial charge in [-0.2, -0.15) is 9.50 Å². The first-order valence-corrected chi connectivity index (χ1v) is 9.60. The predicted molar refractivity (Wildman–Crippen MR) is 98.3 cm³/mol. The fraction of sp³-hybridized carbons (Fsp3) is 0.250. The van der Waals surface area contributed by atoms with E-state index in [0.29, 0.717) is 10.7 Å². The molecule has 0 spiro atoms. The van der Waals surface area contributed by atoms with Gasteiger partial charge in [0.2, 0.25) is 0 Å². The number of hydrogen-bond acceptors (Lipinski definition) is 7. The van der Waals surface area contributed by atoms with E-state index >= 15 is 0 Å². The third kappa shape index (κ3) is 3.71. The Kier molecular flexibility index (Phi) is 5.03. The number of esters is 1. The molecule has 0 saturated carbocycles. The monoisotopic (exact) mass is 409 g/mol. The molecule has 0 N–H and O–H groups in total. The van der Waals surface area contributed by atoms with E-state index in [1.807, 2.05) is 0 Å². The number of methoxy groups -OCH3 is 1. The van der Waals surface area contributed by atoms with Crippen LogP contribution in [0.2, 0.25) is 5.02 Å². The van der Waals surface area contributed by atoms with Gasteiger partial charge in [0.1, 0.15) is 6.54 Å². The average molecular weight is 410 g/mol. The number of carbonyl (C=O) groups is 1. The summed E-state index contributed by atoms with van der Waals surface area (Å²) in [6.45, 7) is 2.99. The van der Waals surface area contributed by atoms with E-state index in [2.05, 4.69) is 19.8 Å². The maximum Gasteiger partial charge on any atom is 0.326 e. The zero-order valence-electron chi connectivity index (χ0n) is 14.7. The Morgan fingerprint density at radius 1 is 1.22 bits per heavy atom. The van der Waals surface area contributed by atoms with Gasteiger partial charge in [-0.1, -0.05) is 11.6 Å². The number of anilines is 1. The van der Waals surface area contributed by atoms with Gasteiger partial charge >= 0.3 is 5.97 Å². The van der Waals surface area contributed by atoms with Crippen molar-refractivity contribution in [1.82, 2.24) is 19.6 Å². The average Bonchev–Trinajstić information content (AvgIpc) is 3.03. The Morgan fingerprint density at radius 3 is 2.52 bits per heavy atom. The van der Waals surface area contributed by atoms with Crippen LogP contribution in [0.3, 0.4) is 0 Å². The molecule has 0 aliphatic rings. The third-order valence-electron chi connectivity index (χ3n) is 3.73. The van der Waals surface area contributed by atoms with E-state index in [9.17, 15) is 13.2 Å². The molecule has 0 atom stereocenters. The van der Waals surface area contributed by atoms with Crippen LogP contribution >= 0.6 is 11.6 Å². The Hall–Kier alpha value is -2.72. The summed E-state index contributed by atoms with van der Waals surface area (Å²) in [6.07, 6.45) is 0. The smallest absolute Gasteiger partial charge is 0.326 e. The maximum atomic E-state index is 13.1. The zero-order chi connectivity index (χ0) is 19.8. The molecule has 2 aromatic heterocycles. The number of aryl methyl sites for hydroxylation is 2. The first-order chi connectivity index (χ1) is 12.7. The van der Waals surface area contributed by atoms with Crippen LogP contribution in [0.4, 0.5) is 5.95 Å². The summed E-state index contributed by atoms with van der Waals surface area (Å²) in [7, 11) is -2.97. The van der Waals surface area contributed by atoms with E-state index in [1.54, 1.807) is 19.9 Å². The van der Waals surface area contributed by atoms with E-state index < -0.39 is 22.5 Å². The molecule has 0 unspecified atom stereocenters. The second-order valence-electron chi connectivity index (χ2n) is 5.70. The minimum absolute atomic E-state index is 0.0597. The van der Waals surface area contributed by atoms with Crippen LogP contribution in [0.1, 0.15) is 11.4 Å². The molecule has 0 fully saturated rings. The molecular formula is C16H16ClN5O4S. The van der Waals surface area contributed by atoms with Crippen molar-refractivity contribution in [1.29, 1.82) is 0 Å². The molecule has 9 nitrogen and oxygen atoms in total. The van der Waals surface area contributed by atoms with Gasteiger partial charge in [0.05, 0.1) is 12.0 Å². The number of aromatic nitrogens is 4. The maximum absolute atomic E-state index is 13.1. The molecule has 142 valence electrons. The molecule has 0 amide bonds.